The molecule has 2 heterocycles. The lowest BCUT2D eigenvalue weighted by molar-refractivity contribution is -0.138. The van der Waals surface area contributed by atoms with E-state index >= 15 is 0 Å². The summed E-state index contributed by atoms with van der Waals surface area (Å²) in [6.07, 6.45) is 3.57. The first-order chi connectivity index (χ1) is 8.06. The van der Waals surface area contributed by atoms with Crippen molar-refractivity contribution in [2.45, 2.75) is 40.0 Å². The van der Waals surface area contributed by atoms with E-state index in [1.165, 1.54) is 19.3 Å². The molecule has 0 aromatic carbocycles. The molecular weight excluding hydrogens is 212 g/mol. The van der Waals surface area contributed by atoms with Crippen molar-refractivity contribution >= 4 is 5.91 Å². The highest BCUT2D eigenvalue weighted by Crippen LogP contribution is 2.34. The highest BCUT2D eigenvalue weighted by Gasteiger charge is 2.36. The van der Waals surface area contributed by atoms with Crippen LogP contribution in [-0.2, 0) is 4.79 Å². The number of amides is 1. The van der Waals surface area contributed by atoms with E-state index in [4.69, 9.17) is 0 Å². The molecule has 0 bridgehead atoms. The second kappa shape index (κ2) is 4.97. The van der Waals surface area contributed by atoms with Gasteiger partial charge in [-0.1, -0.05) is 27.2 Å². The Labute approximate surface area is 105 Å². The molecule has 0 aromatic heterocycles. The summed E-state index contributed by atoms with van der Waals surface area (Å²) in [6.45, 7) is 10.6. The van der Waals surface area contributed by atoms with E-state index in [9.17, 15) is 4.79 Å². The van der Waals surface area contributed by atoms with Gasteiger partial charge in [-0.25, -0.2) is 0 Å². The molecule has 0 radical (unpaired) electrons. The van der Waals surface area contributed by atoms with Crippen LogP contribution in [0.5, 0.6) is 0 Å². The molecule has 1 amide bonds. The van der Waals surface area contributed by atoms with Crippen molar-refractivity contribution in [2.24, 2.45) is 17.3 Å². The Hall–Kier alpha value is -0.570. The van der Waals surface area contributed by atoms with E-state index < -0.39 is 0 Å². The van der Waals surface area contributed by atoms with Gasteiger partial charge in [-0.2, -0.15) is 0 Å². The van der Waals surface area contributed by atoms with Crippen molar-refractivity contribution in [1.82, 2.24) is 10.2 Å². The highest BCUT2D eigenvalue weighted by molar-refractivity contribution is 5.79. The van der Waals surface area contributed by atoms with Gasteiger partial charge in [-0.05, 0) is 30.7 Å². The fourth-order valence-electron chi connectivity index (χ4n) is 3.00. The normalized spacial score (nSPS) is 32.8. The summed E-state index contributed by atoms with van der Waals surface area (Å²) in [5, 5.41) is 3.32. The van der Waals surface area contributed by atoms with Crippen LogP contribution in [0.25, 0.3) is 0 Å². The molecular formula is C14H26N2O. The number of likely N-dealkylation sites (tertiary alicyclic amines) is 1. The van der Waals surface area contributed by atoms with Gasteiger partial charge in [0.1, 0.15) is 0 Å². The number of nitrogens with zero attached hydrogens (tertiary/aromatic N) is 1. The summed E-state index contributed by atoms with van der Waals surface area (Å²) in [7, 11) is 0. The number of piperidine rings is 1. The predicted molar refractivity (Wildman–Crippen MR) is 69.7 cm³/mol. The minimum absolute atomic E-state index is 0.223. The Kier molecular flexibility index (Phi) is 3.76. The third kappa shape index (κ3) is 2.65. The molecule has 1 N–H and O–H groups in total. The Bertz CT molecular complexity index is 282. The van der Waals surface area contributed by atoms with Gasteiger partial charge >= 0.3 is 0 Å². The molecule has 17 heavy (non-hydrogen) atoms. The van der Waals surface area contributed by atoms with Crippen LogP contribution in [0.3, 0.4) is 0 Å². The molecule has 0 spiro atoms. The molecule has 2 aliphatic rings. The molecule has 0 saturated carbocycles. The topological polar surface area (TPSA) is 32.3 Å². The van der Waals surface area contributed by atoms with Gasteiger partial charge in [0.15, 0.2) is 0 Å². The number of nitrogens with one attached hydrogen (secondary N) is 1. The summed E-state index contributed by atoms with van der Waals surface area (Å²) in [6, 6.07) is 0. The van der Waals surface area contributed by atoms with Crippen LogP contribution in [0.15, 0.2) is 0 Å². The van der Waals surface area contributed by atoms with Crippen LogP contribution in [0.4, 0.5) is 0 Å². The SMILES string of the molecule is CCC1(C)CCN(C(=O)[C@@H]2CNC[C@H]2C)CC1. The van der Waals surface area contributed by atoms with Gasteiger partial charge in [0.2, 0.25) is 5.91 Å². The van der Waals surface area contributed by atoms with Crippen molar-refractivity contribution in [3.05, 3.63) is 0 Å². The first-order valence-corrected chi connectivity index (χ1v) is 7.05. The number of carbonyl (C=O) groups excluding carboxylic acids is 1. The maximum absolute atomic E-state index is 12.4. The van der Waals surface area contributed by atoms with Gasteiger partial charge < -0.3 is 10.2 Å². The van der Waals surface area contributed by atoms with Crippen LogP contribution >= 0.6 is 0 Å². The quantitative estimate of drug-likeness (QED) is 0.796. The summed E-state index contributed by atoms with van der Waals surface area (Å²) >= 11 is 0. The van der Waals surface area contributed by atoms with E-state index in [2.05, 4.69) is 31.0 Å². The fraction of sp³-hybridized carbons (Fsp3) is 0.929. The van der Waals surface area contributed by atoms with Gasteiger partial charge in [-0.3, -0.25) is 4.79 Å². The molecule has 2 aliphatic heterocycles. The van der Waals surface area contributed by atoms with Gasteiger partial charge in [-0.15, -0.1) is 0 Å². The van der Waals surface area contributed by atoms with Gasteiger partial charge in [0.25, 0.3) is 0 Å². The first kappa shape index (κ1) is 12.9. The molecule has 2 atom stereocenters. The smallest absolute Gasteiger partial charge is 0.227 e. The zero-order valence-electron chi connectivity index (χ0n) is 11.5. The monoisotopic (exact) mass is 238 g/mol. The first-order valence-electron chi connectivity index (χ1n) is 7.05. The molecule has 0 aromatic rings. The zero-order valence-corrected chi connectivity index (χ0v) is 11.5. The van der Waals surface area contributed by atoms with Gasteiger partial charge in [0, 0.05) is 19.6 Å². The summed E-state index contributed by atoms with van der Waals surface area (Å²) < 4.78 is 0. The maximum Gasteiger partial charge on any atom is 0.227 e. The average Bonchev–Trinajstić information content (AvgIpc) is 2.76. The Balaban J connectivity index is 1.90. The highest BCUT2D eigenvalue weighted by atomic mass is 16.2. The standard InChI is InChI=1S/C14H26N2O/c1-4-14(3)5-7-16(8-6-14)13(17)12-10-15-9-11(12)2/h11-12,15H,4-10H2,1-3H3/t11-,12-/m1/s1. The lowest BCUT2D eigenvalue weighted by Gasteiger charge is -2.40. The van der Waals surface area contributed by atoms with Crippen molar-refractivity contribution < 1.29 is 4.79 Å². The van der Waals surface area contributed by atoms with Crippen LogP contribution in [0.2, 0.25) is 0 Å². The third-order valence-corrected chi connectivity index (χ3v) is 4.97. The van der Waals surface area contributed by atoms with Crippen LogP contribution in [0, 0.1) is 17.3 Å². The summed E-state index contributed by atoms with van der Waals surface area (Å²) in [5.41, 5.74) is 0.469. The van der Waals surface area contributed by atoms with E-state index in [0.29, 0.717) is 17.2 Å². The van der Waals surface area contributed by atoms with Crippen molar-refractivity contribution in [3.63, 3.8) is 0 Å². The maximum atomic E-state index is 12.4. The van der Waals surface area contributed by atoms with E-state index in [0.717, 1.165) is 26.2 Å². The number of hydrogen-bond acceptors (Lipinski definition) is 2. The van der Waals surface area contributed by atoms with Crippen LogP contribution in [0.1, 0.15) is 40.0 Å². The van der Waals surface area contributed by atoms with Crippen LogP contribution < -0.4 is 5.32 Å². The summed E-state index contributed by atoms with van der Waals surface area (Å²) in [5.74, 6) is 1.11. The van der Waals surface area contributed by atoms with E-state index in [1.54, 1.807) is 0 Å². The van der Waals surface area contributed by atoms with Crippen molar-refractivity contribution in [1.29, 1.82) is 0 Å². The molecule has 2 rings (SSSR count). The minimum Gasteiger partial charge on any atom is -0.342 e. The number of carbonyl (C=O) groups is 1. The second-order valence-electron chi connectivity index (χ2n) is 6.23. The molecule has 3 heteroatoms. The molecule has 98 valence electrons. The lowest BCUT2D eigenvalue weighted by Crippen LogP contribution is -2.45. The third-order valence-electron chi connectivity index (χ3n) is 4.97. The Morgan fingerprint density at radius 3 is 2.47 bits per heavy atom. The number of rotatable bonds is 2. The average molecular weight is 238 g/mol. The predicted octanol–water partition coefficient (Wildman–Crippen LogP) is 1.88. The van der Waals surface area contributed by atoms with E-state index in [1.807, 2.05) is 0 Å². The van der Waals surface area contributed by atoms with E-state index in [-0.39, 0.29) is 5.92 Å². The van der Waals surface area contributed by atoms with Crippen molar-refractivity contribution in [2.75, 3.05) is 26.2 Å². The van der Waals surface area contributed by atoms with Crippen LogP contribution in [-0.4, -0.2) is 37.0 Å². The molecule has 2 saturated heterocycles. The van der Waals surface area contributed by atoms with Gasteiger partial charge in [0.05, 0.1) is 5.92 Å². The Morgan fingerprint density at radius 2 is 2.00 bits per heavy atom. The minimum atomic E-state index is 0.223. The molecule has 0 aliphatic carbocycles. The summed E-state index contributed by atoms with van der Waals surface area (Å²) in [4.78, 5) is 14.5. The number of hydrogen-bond donors (Lipinski definition) is 1. The largest absolute Gasteiger partial charge is 0.342 e. The fourth-order valence-corrected chi connectivity index (χ4v) is 3.00. The molecule has 3 nitrogen and oxygen atoms in total. The Morgan fingerprint density at radius 1 is 1.35 bits per heavy atom. The second-order valence-corrected chi connectivity index (χ2v) is 6.23. The lowest BCUT2D eigenvalue weighted by atomic mass is 9.78. The molecule has 0 unspecified atom stereocenters. The molecule has 2 fully saturated rings. The zero-order chi connectivity index (χ0) is 12.5. The van der Waals surface area contributed by atoms with Crippen molar-refractivity contribution in [3.8, 4) is 0 Å².